The van der Waals surface area contributed by atoms with Crippen LogP contribution in [0.5, 0.6) is 0 Å². The van der Waals surface area contributed by atoms with Gasteiger partial charge in [-0.15, -0.1) is 0 Å². The summed E-state index contributed by atoms with van der Waals surface area (Å²) in [5.41, 5.74) is 2.71. The number of hydrogen-bond donors (Lipinski definition) is 2. The van der Waals surface area contributed by atoms with E-state index in [-0.39, 0.29) is 30.3 Å². The van der Waals surface area contributed by atoms with Crippen molar-refractivity contribution in [3.63, 3.8) is 0 Å². The summed E-state index contributed by atoms with van der Waals surface area (Å²) in [5.74, 6) is -0.618. The van der Waals surface area contributed by atoms with Gasteiger partial charge in [0, 0.05) is 6.42 Å². The van der Waals surface area contributed by atoms with Gasteiger partial charge in [0.05, 0.1) is 30.5 Å². The molecule has 0 spiro atoms. The Morgan fingerprint density at radius 2 is 1.83 bits per heavy atom. The Labute approximate surface area is 173 Å². The molecule has 0 aromatic carbocycles. The van der Waals surface area contributed by atoms with Crippen LogP contribution in [0.3, 0.4) is 0 Å². The molecule has 0 radical (unpaired) electrons. The maximum absolute atomic E-state index is 12.4. The first-order valence-corrected chi connectivity index (χ1v) is 11.1. The molecule has 0 aromatic heterocycles. The van der Waals surface area contributed by atoms with Gasteiger partial charge in [-0.05, 0) is 25.7 Å². The minimum atomic E-state index is -0.422. The minimum absolute atomic E-state index is 0.0189. The highest BCUT2D eigenvalue weighted by molar-refractivity contribution is 6.14. The molecule has 1 aliphatic carbocycles. The summed E-state index contributed by atoms with van der Waals surface area (Å²) in [6, 6.07) is 0. The van der Waals surface area contributed by atoms with Crippen LogP contribution < -0.4 is 10.7 Å². The van der Waals surface area contributed by atoms with Gasteiger partial charge in [0.25, 0.3) is 5.91 Å². The first-order chi connectivity index (χ1) is 14.1. The quantitative estimate of drug-likeness (QED) is 0.295. The zero-order valence-electron chi connectivity index (χ0n) is 17.6. The lowest BCUT2D eigenvalue weighted by atomic mass is 9.80. The number of carbonyl (C=O) groups is 3. The van der Waals surface area contributed by atoms with Crippen LogP contribution in [0.25, 0.3) is 0 Å². The number of fused-ring (bicyclic) bond motifs is 1. The fourth-order valence-corrected chi connectivity index (χ4v) is 3.81. The number of ether oxygens (including phenoxy) is 1. The maximum Gasteiger partial charge on any atom is 0.259 e. The molecule has 2 atom stereocenters. The van der Waals surface area contributed by atoms with Crippen molar-refractivity contribution in [2.75, 3.05) is 6.54 Å². The van der Waals surface area contributed by atoms with Crippen LogP contribution in [0.15, 0.2) is 16.9 Å². The van der Waals surface area contributed by atoms with Gasteiger partial charge in [0.2, 0.25) is 5.91 Å². The van der Waals surface area contributed by atoms with Gasteiger partial charge < -0.3 is 10.1 Å². The van der Waals surface area contributed by atoms with Gasteiger partial charge in [-0.1, -0.05) is 51.9 Å². The van der Waals surface area contributed by atoms with Crippen LogP contribution in [0.4, 0.5) is 0 Å². The molecule has 1 saturated carbocycles. The number of nitrogens with one attached hydrogen (secondary N) is 2. The average molecular weight is 406 g/mol. The smallest absolute Gasteiger partial charge is 0.259 e. The summed E-state index contributed by atoms with van der Waals surface area (Å²) in [6.45, 7) is 2.07. The number of hydrogen-bond acceptors (Lipinski definition) is 5. The third-order valence-corrected chi connectivity index (χ3v) is 5.54. The van der Waals surface area contributed by atoms with Crippen molar-refractivity contribution < 1.29 is 19.1 Å². The molecule has 2 aliphatic rings. The third kappa shape index (κ3) is 8.38. The standard InChI is InChI=1S/C22H35N3O4/c1-2-3-4-5-6-7-8-13-20(26)23-15-21(27)25-24-14-17-16-29-19-12-10-9-11-18(19)22(17)28/h14,16,18-19H,2-13,15H2,1H3,(H,23,26)(H,25,27)/b24-14+. The summed E-state index contributed by atoms with van der Waals surface area (Å²) in [6.07, 6.45) is 15.1. The summed E-state index contributed by atoms with van der Waals surface area (Å²) in [7, 11) is 0. The predicted octanol–water partition coefficient (Wildman–Crippen LogP) is 3.39. The van der Waals surface area contributed by atoms with Gasteiger partial charge in [-0.3, -0.25) is 14.4 Å². The molecule has 1 fully saturated rings. The molecule has 2 amide bonds. The second kappa shape index (κ2) is 13.1. The van der Waals surface area contributed by atoms with E-state index in [1.54, 1.807) is 0 Å². The first-order valence-electron chi connectivity index (χ1n) is 11.1. The third-order valence-electron chi connectivity index (χ3n) is 5.54. The van der Waals surface area contributed by atoms with Gasteiger partial charge in [0.1, 0.15) is 6.10 Å². The first kappa shape index (κ1) is 23.1. The molecular weight excluding hydrogens is 370 g/mol. The number of nitrogens with zero attached hydrogens (tertiary/aromatic N) is 1. The zero-order valence-corrected chi connectivity index (χ0v) is 17.6. The Bertz CT molecular complexity index is 615. The Morgan fingerprint density at radius 3 is 2.62 bits per heavy atom. The van der Waals surface area contributed by atoms with Gasteiger partial charge in [-0.2, -0.15) is 5.10 Å². The topological polar surface area (TPSA) is 96.9 Å². The number of allylic oxidation sites excluding steroid dienone is 1. The molecule has 29 heavy (non-hydrogen) atoms. The number of carbonyl (C=O) groups excluding carboxylic acids is 3. The number of ketones is 1. The van der Waals surface area contributed by atoms with Gasteiger partial charge in [-0.25, -0.2) is 5.43 Å². The lowest BCUT2D eigenvalue weighted by Crippen LogP contribution is -2.37. The van der Waals surface area contributed by atoms with E-state index in [9.17, 15) is 14.4 Å². The van der Waals surface area contributed by atoms with E-state index in [0.29, 0.717) is 12.0 Å². The molecule has 2 rings (SSSR count). The van der Waals surface area contributed by atoms with E-state index in [1.807, 2.05) is 0 Å². The van der Waals surface area contributed by atoms with Gasteiger partial charge >= 0.3 is 0 Å². The van der Waals surface area contributed by atoms with Crippen molar-refractivity contribution in [3.05, 3.63) is 11.8 Å². The number of amides is 2. The summed E-state index contributed by atoms with van der Waals surface area (Å²) < 4.78 is 5.63. The molecule has 162 valence electrons. The molecule has 7 heteroatoms. The van der Waals surface area contributed by atoms with E-state index in [2.05, 4.69) is 22.8 Å². The summed E-state index contributed by atoms with van der Waals surface area (Å²) in [5, 5.41) is 6.42. The van der Waals surface area contributed by atoms with Crippen LogP contribution in [-0.4, -0.2) is 36.5 Å². The van der Waals surface area contributed by atoms with Crippen molar-refractivity contribution in [1.82, 2.24) is 10.7 Å². The molecule has 2 unspecified atom stereocenters. The van der Waals surface area contributed by atoms with Gasteiger partial charge in [0.15, 0.2) is 5.78 Å². The normalized spacial score (nSPS) is 21.3. The van der Waals surface area contributed by atoms with Crippen molar-refractivity contribution in [2.45, 2.75) is 90.1 Å². The molecular formula is C22H35N3O4. The predicted molar refractivity (Wildman–Crippen MR) is 112 cm³/mol. The maximum atomic E-state index is 12.4. The highest BCUT2D eigenvalue weighted by Crippen LogP contribution is 2.32. The number of hydrazone groups is 1. The Hall–Kier alpha value is -2.18. The summed E-state index contributed by atoms with van der Waals surface area (Å²) >= 11 is 0. The Balaban J connectivity index is 1.57. The lowest BCUT2D eigenvalue weighted by Gasteiger charge is -2.33. The van der Waals surface area contributed by atoms with Crippen molar-refractivity contribution >= 4 is 23.8 Å². The second-order valence-corrected chi connectivity index (χ2v) is 7.94. The summed E-state index contributed by atoms with van der Waals surface area (Å²) in [4.78, 5) is 36.0. The highest BCUT2D eigenvalue weighted by atomic mass is 16.5. The molecule has 0 bridgehead atoms. The average Bonchev–Trinajstić information content (AvgIpc) is 2.73. The molecule has 1 heterocycles. The molecule has 7 nitrogen and oxygen atoms in total. The van der Waals surface area contributed by atoms with E-state index in [4.69, 9.17) is 4.74 Å². The monoisotopic (exact) mass is 405 g/mol. The fourth-order valence-electron chi connectivity index (χ4n) is 3.81. The number of unbranched alkanes of at least 4 members (excludes halogenated alkanes) is 6. The lowest BCUT2D eigenvalue weighted by molar-refractivity contribution is -0.126. The van der Waals surface area contributed by atoms with Crippen LogP contribution in [0.2, 0.25) is 0 Å². The van der Waals surface area contributed by atoms with E-state index < -0.39 is 5.91 Å². The minimum Gasteiger partial charge on any atom is -0.496 e. The van der Waals surface area contributed by atoms with E-state index in [0.717, 1.165) is 44.9 Å². The molecule has 2 N–H and O–H groups in total. The van der Waals surface area contributed by atoms with E-state index >= 15 is 0 Å². The zero-order chi connectivity index (χ0) is 20.9. The van der Waals surface area contributed by atoms with Crippen LogP contribution >= 0.6 is 0 Å². The molecule has 0 saturated heterocycles. The van der Waals surface area contributed by atoms with Crippen molar-refractivity contribution in [1.29, 1.82) is 0 Å². The van der Waals surface area contributed by atoms with Crippen molar-refractivity contribution in [3.8, 4) is 0 Å². The highest BCUT2D eigenvalue weighted by Gasteiger charge is 2.36. The van der Waals surface area contributed by atoms with Crippen LogP contribution in [0.1, 0.15) is 84.0 Å². The number of Topliss-reactive ketones (excluding diaryl/α,β-unsaturated/α-hetero) is 1. The SMILES string of the molecule is CCCCCCCCCC(=O)NCC(=O)N/N=C/C1=COC2CCCCC2C1=O. The second-order valence-electron chi connectivity index (χ2n) is 7.94. The molecule has 1 aliphatic heterocycles. The fraction of sp³-hybridized carbons (Fsp3) is 0.727. The number of rotatable bonds is 12. The Morgan fingerprint density at radius 1 is 1.10 bits per heavy atom. The van der Waals surface area contributed by atoms with Crippen LogP contribution in [-0.2, 0) is 19.1 Å². The Kier molecular flexibility index (Phi) is 10.5. The van der Waals surface area contributed by atoms with E-state index in [1.165, 1.54) is 38.2 Å². The van der Waals surface area contributed by atoms with Crippen molar-refractivity contribution in [2.24, 2.45) is 11.0 Å². The molecule has 0 aromatic rings. The largest absolute Gasteiger partial charge is 0.496 e. The van der Waals surface area contributed by atoms with Crippen LogP contribution in [0, 0.1) is 5.92 Å².